The number of hydrogen-bond donors (Lipinski definition) is 3. The number of carboxylic acid groups (broad SMARTS) is 1. The molecule has 0 aliphatic heterocycles. The van der Waals surface area contributed by atoms with Crippen LogP contribution in [0.1, 0.15) is 20.3 Å². The summed E-state index contributed by atoms with van der Waals surface area (Å²) in [4.78, 5) is 20.1. The lowest BCUT2D eigenvalue weighted by Crippen LogP contribution is -2.31. The fourth-order valence-electron chi connectivity index (χ4n) is 0.421. The van der Waals surface area contributed by atoms with Gasteiger partial charge in [0.15, 0.2) is 0 Å². The highest BCUT2D eigenvalue weighted by atomic mass is 16.4. The largest absolute Gasteiger partial charge is 0.480 e. The molecule has 0 aliphatic carbocycles. The highest BCUT2D eigenvalue weighted by Gasteiger charge is 2.11. The normalized spacial score (nSPS) is 11.4. The molecule has 66 valence electrons. The van der Waals surface area contributed by atoms with Gasteiger partial charge in [0, 0.05) is 6.42 Å². The summed E-state index contributed by atoms with van der Waals surface area (Å²) in [5, 5.41) is 8.22. The predicted octanol–water partition coefficient (Wildman–Crippen LogP) is -0.700. The molecular weight excluding hydrogens is 148 g/mol. The van der Waals surface area contributed by atoms with Crippen LogP contribution in [0, 0.1) is 0 Å². The quantitative estimate of drug-likeness (QED) is 0.508. The van der Waals surface area contributed by atoms with Crippen LogP contribution in [0.15, 0.2) is 0 Å². The maximum absolute atomic E-state index is 10.1. The fourth-order valence-corrected chi connectivity index (χ4v) is 0.421. The van der Waals surface area contributed by atoms with Gasteiger partial charge in [-0.15, -0.1) is 0 Å². The number of rotatable bonds is 4. The molecule has 0 saturated heterocycles. The van der Waals surface area contributed by atoms with Crippen LogP contribution in [0.3, 0.4) is 0 Å². The van der Waals surface area contributed by atoms with Gasteiger partial charge in [-0.25, -0.2) is 0 Å². The average Bonchev–Trinajstić information content (AvgIpc) is 1.82. The van der Waals surface area contributed by atoms with Gasteiger partial charge in [0.05, 0.1) is 0 Å². The number of nitrogens with two attached hydrogens (primary N) is 2. The lowest BCUT2D eigenvalue weighted by Gasteiger charge is -2.01. The van der Waals surface area contributed by atoms with E-state index in [4.69, 9.17) is 16.6 Å². The summed E-state index contributed by atoms with van der Waals surface area (Å²) >= 11 is 0. The van der Waals surface area contributed by atoms with Crippen LogP contribution in [0.25, 0.3) is 0 Å². The third-order valence-corrected chi connectivity index (χ3v) is 1.02. The summed E-state index contributed by atoms with van der Waals surface area (Å²) in [5.41, 5.74) is 9.81. The zero-order valence-corrected chi connectivity index (χ0v) is 5.41. The Labute approximate surface area is 65.4 Å². The van der Waals surface area contributed by atoms with Gasteiger partial charge in [0.25, 0.3) is 0 Å². The molecule has 0 rings (SSSR count). The molecule has 0 spiro atoms. The van der Waals surface area contributed by atoms with E-state index >= 15 is 0 Å². The maximum Gasteiger partial charge on any atom is 0.320 e. The lowest BCUT2D eigenvalue weighted by atomic mass is 10.2. The second-order valence-electron chi connectivity index (χ2n) is 1.95. The first-order chi connectivity index (χ1) is 4.54. The third-order valence-electron chi connectivity index (χ3n) is 1.02. The molecule has 0 aromatic carbocycles. The van der Waals surface area contributed by atoms with Crippen molar-refractivity contribution in [1.29, 1.82) is 0 Å². The molecule has 0 aliphatic rings. The minimum atomic E-state index is -1.11. The van der Waals surface area contributed by atoms with Crippen molar-refractivity contribution in [2.24, 2.45) is 11.5 Å². The van der Waals surface area contributed by atoms with Crippen LogP contribution in [-0.4, -0.2) is 23.0 Å². The van der Waals surface area contributed by atoms with Crippen molar-refractivity contribution < 1.29 is 14.7 Å². The standard InChI is InChI=1S/C5H10N2O3.CH4/c6-3(5(9)10)1-2-4(7)8;/h3H,1-2,6H2,(H2,7,8)(H,9,10);1H4. The highest BCUT2D eigenvalue weighted by Crippen LogP contribution is 1.92. The molecule has 5 N–H and O–H groups in total. The number of carbonyl (C=O) groups is 2. The molecule has 0 aromatic rings. The number of carbonyl (C=O) groups excluding carboxylic acids is 1. The van der Waals surface area contributed by atoms with E-state index in [1.54, 1.807) is 0 Å². The van der Waals surface area contributed by atoms with Crippen molar-refractivity contribution in [3.05, 3.63) is 0 Å². The maximum atomic E-state index is 10.1. The summed E-state index contributed by atoms with van der Waals surface area (Å²) in [7, 11) is 0. The van der Waals surface area contributed by atoms with Crippen LogP contribution in [-0.2, 0) is 9.59 Å². The predicted molar refractivity (Wildman–Crippen MR) is 40.8 cm³/mol. The molecule has 0 bridgehead atoms. The van der Waals surface area contributed by atoms with Gasteiger partial charge < -0.3 is 16.6 Å². The number of aliphatic carboxylic acids is 1. The van der Waals surface area contributed by atoms with Crippen LogP contribution < -0.4 is 11.5 Å². The molecule has 0 heterocycles. The molecule has 0 saturated carbocycles. The van der Waals surface area contributed by atoms with Gasteiger partial charge in [-0.2, -0.15) is 0 Å². The lowest BCUT2D eigenvalue weighted by molar-refractivity contribution is -0.138. The number of primary amides is 1. The molecular formula is C6H14N2O3. The van der Waals surface area contributed by atoms with E-state index in [0.717, 1.165) is 0 Å². The summed E-state index contributed by atoms with van der Waals surface area (Å²) in [6.45, 7) is 0. The van der Waals surface area contributed by atoms with E-state index in [-0.39, 0.29) is 20.3 Å². The van der Waals surface area contributed by atoms with Gasteiger partial charge in [0.1, 0.15) is 6.04 Å². The van der Waals surface area contributed by atoms with E-state index in [2.05, 4.69) is 0 Å². The van der Waals surface area contributed by atoms with Gasteiger partial charge in [-0.1, -0.05) is 7.43 Å². The van der Waals surface area contributed by atoms with E-state index in [9.17, 15) is 9.59 Å². The van der Waals surface area contributed by atoms with Crippen LogP contribution in [0.5, 0.6) is 0 Å². The summed E-state index contributed by atoms with van der Waals surface area (Å²) in [6, 6.07) is -0.979. The molecule has 5 heteroatoms. The Bertz CT molecular complexity index is 147. The SMILES string of the molecule is C.NC(=O)CCC(N)C(=O)O. The third kappa shape index (κ3) is 6.79. The number of hydrogen-bond acceptors (Lipinski definition) is 3. The van der Waals surface area contributed by atoms with E-state index in [1.165, 1.54) is 0 Å². The minimum Gasteiger partial charge on any atom is -0.480 e. The van der Waals surface area contributed by atoms with Crippen LogP contribution in [0.2, 0.25) is 0 Å². The Balaban J connectivity index is 0. The first kappa shape index (κ1) is 12.6. The zero-order chi connectivity index (χ0) is 8.15. The Morgan fingerprint density at radius 3 is 2.18 bits per heavy atom. The van der Waals surface area contributed by atoms with E-state index in [1.807, 2.05) is 0 Å². The molecule has 0 aromatic heterocycles. The second kappa shape index (κ2) is 5.67. The smallest absolute Gasteiger partial charge is 0.320 e. The first-order valence-electron chi connectivity index (χ1n) is 2.80. The zero-order valence-electron chi connectivity index (χ0n) is 5.41. The first-order valence-corrected chi connectivity index (χ1v) is 2.80. The van der Waals surface area contributed by atoms with Crippen LogP contribution >= 0.6 is 0 Å². The Morgan fingerprint density at radius 1 is 1.45 bits per heavy atom. The van der Waals surface area contributed by atoms with Crippen molar-refractivity contribution in [2.75, 3.05) is 0 Å². The van der Waals surface area contributed by atoms with E-state index in [0.29, 0.717) is 0 Å². The fraction of sp³-hybridized carbons (Fsp3) is 0.667. The minimum absolute atomic E-state index is 0. The molecule has 0 fully saturated rings. The molecule has 11 heavy (non-hydrogen) atoms. The molecule has 1 amide bonds. The summed E-state index contributed by atoms with van der Waals surface area (Å²) in [6.07, 6.45) is 0.123. The average molecular weight is 162 g/mol. The van der Waals surface area contributed by atoms with Gasteiger partial charge in [0.2, 0.25) is 5.91 Å². The molecule has 1 unspecified atom stereocenters. The van der Waals surface area contributed by atoms with Gasteiger partial charge in [-0.05, 0) is 6.42 Å². The molecule has 1 atom stereocenters. The molecule has 0 radical (unpaired) electrons. The van der Waals surface area contributed by atoms with Crippen molar-refractivity contribution in [3.8, 4) is 0 Å². The number of amides is 1. The topological polar surface area (TPSA) is 106 Å². The molecule has 5 nitrogen and oxygen atoms in total. The van der Waals surface area contributed by atoms with Gasteiger partial charge >= 0.3 is 5.97 Å². The Morgan fingerprint density at radius 2 is 1.91 bits per heavy atom. The second-order valence-corrected chi connectivity index (χ2v) is 1.95. The van der Waals surface area contributed by atoms with Gasteiger partial charge in [-0.3, -0.25) is 9.59 Å². The summed E-state index contributed by atoms with van der Waals surface area (Å²) in [5.74, 6) is -1.64. The van der Waals surface area contributed by atoms with E-state index < -0.39 is 17.9 Å². The summed E-state index contributed by atoms with van der Waals surface area (Å²) < 4.78 is 0. The highest BCUT2D eigenvalue weighted by molar-refractivity contribution is 5.76. The van der Waals surface area contributed by atoms with Crippen molar-refractivity contribution in [1.82, 2.24) is 0 Å². The van der Waals surface area contributed by atoms with Crippen LogP contribution in [0.4, 0.5) is 0 Å². The van der Waals surface area contributed by atoms with Crippen molar-refractivity contribution in [2.45, 2.75) is 26.3 Å². The monoisotopic (exact) mass is 162 g/mol. The van der Waals surface area contributed by atoms with Crippen molar-refractivity contribution >= 4 is 11.9 Å². The van der Waals surface area contributed by atoms with Crippen molar-refractivity contribution in [3.63, 3.8) is 0 Å². The number of carboxylic acids is 1. The Hall–Kier alpha value is -1.10. The Kier molecular flexibility index (Phi) is 6.47.